The van der Waals surface area contributed by atoms with Gasteiger partial charge in [0, 0.05) is 24.0 Å². The van der Waals surface area contributed by atoms with Gasteiger partial charge < -0.3 is 9.88 Å². The lowest BCUT2D eigenvalue weighted by molar-refractivity contribution is 0.0732. The Balaban J connectivity index is 2.22. The number of amides is 1. The molecule has 1 aromatic heterocycles. The molecule has 3 heteroatoms. The summed E-state index contributed by atoms with van der Waals surface area (Å²) in [6.45, 7) is 4.22. The molecule has 0 saturated heterocycles. The van der Waals surface area contributed by atoms with Crippen molar-refractivity contribution in [2.75, 3.05) is 7.05 Å². The van der Waals surface area contributed by atoms with Crippen LogP contribution in [0.3, 0.4) is 0 Å². The van der Waals surface area contributed by atoms with Crippen molar-refractivity contribution in [2.45, 2.75) is 32.7 Å². The number of fused-ring (bicyclic) bond motifs is 1. The standard InChI is InChI=1S/C15H20N2O/c1-4-7-11(2)17(3)15(18)14-10-12-8-5-6-9-13(12)16-14/h5-6,8-11,16H,4,7H2,1-3H3. The number of carbonyl (C=O) groups is 1. The van der Waals surface area contributed by atoms with Crippen LogP contribution in [0.25, 0.3) is 10.9 Å². The lowest BCUT2D eigenvalue weighted by Crippen LogP contribution is -2.35. The normalized spacial score (nSPS) is 12.6. The molecular formula is C15H20N2O. The van der Waals surface area contributed by atoms with E-state index in [1.807, 2.05) is 42.3 Å². The van der Waals surface area contributed by atoms with Crippen molar-refractivity contribution in [1.82, 2.24) is 9.88 Å². The molecule has 0 fully saturated rings. The molecule has 0 saturated carbocycles. The Morgan fingerprint density at radius 2 is 2.11 bits per heavy atom. The fraction of sp³-hybridized carbons (Fsp3) is 0.400. The number of para-hydroxylation sites is 1. The topological polar surface area (TPSA) is 36.1 Å². The summed E-state index contributed by atoms with van der Waals surface area (Å²) in [6, 6.07) is 10.1. The Hall–Kier alpha value is -1.77. The zero-order valence-electron chi connectivity index (χ0n) is 11.2. The highest BCUT2D eigenvalue weighted by atomic mass is 16.2. The number of nitrogens with zero attached hydrogens (tertiary/aromatic N) is 1. The average molecular weight is 244 g/mol. The van der Waals surface area contributed by atoms with E-state index in [9.17, 15) is 4.79 Å². The molecule has 18 heavy (non-hydrogen) atoms. The van der Waals surface area contributed by atoms with E-state index in [0.29, 0.717) is 5.69 Å². The van der Waals surface area contributed by atoms with Crippen LogP contribution < -0.4 is 0 Å². The fourth-order valence-corrected chi connectivity index (χ4v) is 2.19. The second-order valence-corrected chi connectivity index (χ2v) is 4.82. The molecule has 0 aliphatic heterocycles. The van der Waals surface area contributed by atoms with E-state index in [4.69, 9.17) is 0 Å². The number of nitrogens with one attached hydrogen (secondary N) is 1. The van der Waals surface area contributed by atoms with Gasteiger partial charge in [-0.3, -0.25) is 4.79 Å². The molecule has 96 valence electrons. The molecule has 0 bridgehead atoms. The van der Waals surface area contributed by atoms with E-state index in [0.717, 1.165) is 23.7 Å². The molecule has 2 rings (SSSR count). The summed E-state index contributed by atoms with van der Waals surface area (Å²) in [7, 11) is 1.87. The molecule has 0 radical (unpaired) electrons. The van der Waals surface area contributed by atoms with Crippen molar-refractivity contribution in [2.24, 2.45) is 0 Å². The first kappa shape index (κ1) is 12.7. The number of aromatic amines is 1. The summed E-state index contributed by atoms with van der Waals surface area (Å²) in [4.78, 5) is 17.3. The number of hydrogen-bond acceptors (Lipinski definition) is 1. The maximum atomic E-state index is 12.3. The third kappa shape index (κ3) is 2.40. The van der Waals surface area contributed by atoms with Crippen molar-refractivity contribution in [3.05, 3.63) is 36.0 Å². The van der Waals surface area contributed by atoms with Crippen LogP contribution in [0.4, 0.5) is 0 Å². The lowest BCUT2D eigenvalue weighted by Gasteiger charge is -2.24. The molecule has 2 aromatic rings. The van der Waals surface area contributed by atoms with E-state index in [-0.39, 0.29) is 11.9 Å². The first-order valence-corrected chi connectivity index (χ1v) is 6.48. The van der Waals surface area contributed by atoms with E-state index in [1.165, 1.54) is 0 Å². The van der Waals surface area contributed by atoms with Crippen molar-refractivity contribution >= 4 is 16.8 Å². The third-order valence-electron chi connectivity index (χ3n) is 3.45. The summed E-state index contributed by atoms with van der Waals surface area (Å²) < 4.78 is 0. The molecular weight excluding hydrogens is 224 g/mol. The van der Waals surface area contributed by atoms with E-state index < -0.39 is 0 Å². The van der Waals surface area contributed by atoms with Crippen LogP contribution >= 0.6 is 0 Å². The maximum absolute atomic E-state index is 12.3. The molecule has 0 aliphatic rings. The number of rotatable bonds is 4. The summed E-state index contributed by atoms with van der Waals surface area (Å²) in [5.41, 5.74) is 1.68. The minimum Gasteiger partial charge on any atom is -0.351 e. The highest BCUT2D eigenvalue weighted by Crippen LogP contribution is 2.17. The second-order valence-electron chi connectivity index (χ2n) is 4.82. The summed E-state index contributed by atoms with van der Waals surface area (Å²) in [6.07, 6.45) is 2.12. The number of H-pyrrole nitrogens is 1. The van der Waals surface area contributed by atoms with E-state index >= 15 is 0 Å². The third-order valence-corrected chi connectivity index (χ3v) is 3.45. The molecule has 3 nitrogen and oxygen atoms in total. The Labute approximate surface area is 108 Å². The molecule has 1 amide bonds. The van der Waals surface area contributed by atoms with Crippen LogP contribution in [0.1, 0.15) is 37.2 Å². The van der Waals surface area contributed by atoms with Crippen LogP contribution in [0.2, 0.25) is 0 Å². The molecule has 0 aliphatic carbocycles. The Morgan fingerprint density at radius 1 is 1.39 bits per heavy atom. The van der Waals surface area contributed by atoms with Gasteiger partial charge in [-0.05, 0) is 25.5 Å². The summed E-state index contributed by atoms with van der Waals surface area (Å²) >= 11 is 0. The van der Waals surface area contributed by atoms with Gasteiger partial charge in [-0.15, -0.1) is 0 Å². The van der Waals surface area contributed by atoms with Crippen molar-refractivity contribution in [3.63, 3.8) is 0 Å². The Bertz CT molecular complexity index is 511. The van der Waals surface area contributed by atoms with Crippen molar-refractivity contribution in [3.8, 4) is 0 Å². The second kappa shape index (κ2) is 5.25. The average Bonchev–Trinajstić information content (AvgIpc) is 2.81. The maximum Gasteiger partial charge on any atom is 0.270 e. The highest BCUT2D eigenvalue weighted by Gasteiger charge is 2.18. The summed E-state index contributed by atoms with van der Waals surface area (Å²) in [5.74, 6) is 0.0622. The van der Waals surface area contributed by atoms with E-state index in [1.54, 1.807) is 0 Å². The number of hydrogen-bond donors (Lipinski definition) is 1. The van der Waals surface area contributed by atoms with Gasteiger partial charge in [-0.1, -0.05) is 31.5 Å². The zero-order valence-corrected chi connectivity index (χ0v) is 11.2. The predicted octanol–water partition coefficient (Wildman–Crippen LogP) is 3.43. The zero-order chi connectivity index (χ0) is 13.1. The smallest absolute Gasteiger partial charge is 0.270 e. The number of carbonyl (C=O) groups excluding carboxylic acids is 1. The minimum atomic E-state index is 0.0622. The van der Waals surface area contributed by atoms with Gasteiger partial charge in [0.05, 0.1) is 0 Å². The highest BCUT2D eigenvalue weighted by molar-refractivity contribution is 5.98. The fourth-order valence-electron chi connectivity index (χ4n) is 2.19. The van der Waals surface area contributed by atoms with Gasteiger partial charge in [-0.2, -0.15) is 0 Å². The largest absolute Gasteiger partial charge is 0.351 e. The molecule has 0 spiro atoms. The molecule has 1 aromatic carbocycles. The van der Waals surface area contributed by atoms with Gasteiger partial charge in [-0.25, -0.2) is 0 Å². The molecule has 1 unspecified atom stereocenters. The van der Waals surface area contributed by atoms with Gasteiger partial charge in [0.2, 0.25) is 0 Å². The Morgan fingerprint density at radius 3 is 2.78 bits per heavy atom. The van der Waals surface area contributed by atoms with Crippen molar-refractivity contribution < 1.29 is 4.79 Å². The molecule has 1 heterocycles. The summed E-state index contributed by atoms with van der Waals surface area (Å²) in [5, 5.41) is 1.08. The van der Waals surface area contributed by atoms with Crippen LogP contribution in [-0.4, -0.2) is 28.9 Å². The minimum absolute atomic E-state index is 0.0622. The lowest BCUT2D eigenvalue weighted by atomic mass is 10.1. The Kier molecular flexibility index (Phi) is 3.70. The first-order chi connectivity index (χ1) is 8.63. The van der Waals surface area contributed by atoms with Crippen LogP contribution in [0.5, 0.6) is 0 Å². The van der Waals surface area contributed by atoms with Gasteiger partial charge in [0.1, 0.15) is 5.69 Å². The van der Waals surface area contributed by atoms with Gasteiger partial charge >= 0.3 is 0 Å². The molecule has 1 N–H and O–H groups in total. The number of benzene rings is 1. The first-order valence-electron chi connectivity index (χ1n) is 6.48. The van der Waals surface area contributed by atoms with Crippen molar-refractivity contribution in [1.29, 1.82) is 0 Å². The molecule has 1 atom stereocenters. The monoisotopic (exact) mass is 244 g/mol. The van der Waals surface area contributed by atoms with Crippen LogP contribution in [0, 0.1) is 0 Å². The predicted molar refractivity (Wildman–Crippen MR) is 74.8 cm³/mol. The van der Waals surface area contributed by atoms with Crippen LogP contribution in [-0.2, 0) is 0 Å². The number of aromatic nitrogens is 1. The van der Waals surface area contributed by atoms with Gasteiger partial charge in [0.15, 0.2) is 0 Å². The van der Waals surface area contributed by atoms with Crippen LogP contribution in [0.15, 0.2) is 30.3 Å². The van der Waals surface area contributed by atoms with E-state index in [2.05, 4.69) is 18.8 Å². The SMILES string of the molecule is CCCC(C)N(C)C(=O)c1cc2ccccc2[nH]1. The van der Waals surface area contributed by atoms with Gasteiger partial charge in [0.25, 0.3) is 5.91 Å². The quantitative estimate of drug-likeness (QED) is 0.878.